The summed E-state index contributed by atoms with van der Waals surface area (Å²) >= 11 is 0. The van der Waals surface area contributed by atoms with E-state index in [0.717, 1.165) is 18.6 Å². The van der Waals surface area contributed by atoms with Gasteiger partial charge in [0.1, 0.15) is 6.04 Å². The minimum absolute atomic E-state index is 0.0429. The second kappa shape index (κ2) is 5.40. The quantitative estimate of drug-likeness (QED) is 0.908. The molecule has 2 saturated heterocycles. The van der Waals surface area contributed by atoms with E-state index >= 15 is 0 Å². The lowest BCUT2D eigenvalue weighted by molar-refractivity contribution is -0.127. The van der Waals surface area contributed by atoms with Crippen LogP contribution in [0.4, 0.5) is 8.78 Å². The normalized spacial score (nSPS) is 22.6. The van der Waals surface area contributed by atoms with Crippen LogP contribution < -0.4 is 5.32 Å². The van der Waals surface area contributed by atoms with Gasteiger partial charge in [0.05, 0.1) is 6.04 Å². The van der Waals surface area contributed by atoms with E-state index < -0.39 is 23.6 Å². The number of rotatable bonds is 2. The van der Waals surface area contributed by atoms with Gasteiger partial charge in [-0.3, -0.25) is 9.59 Å². The molecule has 0 radical (unpaired) electrons. The smallest absolute Gasteiger partial charge is 0.277 e. The zero-order valence-electron chi connectivity index (χ0n) is 12.5. The van der Waals surface area contributed by atoms with Crippen molar-refractivity contribution in [2.45, 2.75) is 24.9 Å². The molecule has 2 amide bonds. The van der Waals surface area contributed by atoms with Crippen LogP contribution in [0.1, 0.15) is 23.3 Å². The molecule has 0 saturated carbocycles. The molecule has 6 nitrogen and oxygen atoms in total. The molecule has 2 unspecified atom stereocenters. The molecule has 1 aromatic heterocycles. The average molecular weight is 333 g/mol. The summed E-state index contributed by atoms with van der Waals surface area (Å²) in [5.74, 6) is -2.38. The molecule has 3 heterocycles. The summed E-state index contributed by atoms with van der Waals surface area (Å²) in [6, 6.07) is 4.13. The largest absolute Gasteiger partial charge is 0.355 e. The standard InChI is InChI=1S/C16H13F2N3O3/c17-10-3-1-8(5-11(10)18)14-6-12(20-24-14)16(23)21-9-2-4-13(21)15(22)19-7-9/h1,3,5-6,9,13H,2,4,7H2,(H,19,22). The molecule has 2 bridgehead atoms. The Balaban J connectivity index is 1.62. The van der Waals surface area contributed by atoms with Crippen LogP contribution in [0.25, 0.3) is 11.3 Å². The Morgan fingerprint density at radius 2 is 2.08 bits per heavy atom. The van der Waals surface area contributed by atoms with Crippen molar-refractivity contribution in [2.24, 2.45) is 0 Å². The fourth-order valence-electron chi connectivity index (χ4n) is 3.28. The molecule has 0 spiro atoms. The molecular weight excluding hydrogens is 320 g/mol. The van der Waals surface area contributed by atoms with Crippen LogP contribution in [-0.2, 0) is 4.79 Å². The van der Waals surface area contributed by atoms with E-state index in [4.69, 9.17) is 4.52 Å². The Hall–Kier alpha value is -2.77. The van der Waals surface area contributed by atoms with Gasteiger partial charge in [-0.15, -0.1) is 0 Å². The Morgan fingerprint density at radius 3 is 2.88 bits per heavy atom. The summed E-state index contributed by atoms with van der Waals surface area (Å²) in [7, 11) is 0. The van der Waals surface area contributed by atoms with E-state index in [-0.39, 0.29) is 29.0 Å². The van der Waals surface area contributed by atoms with E-state index in [1.807, 2.05) is 0 Å². The molecule has 124 valence electrons. The molecule has 24 heavy (non-hydrogen) atoms. The number of carbonyl (C=O) groups excluding carboxylic acids is 2. The van der Waals surface area contributed by atoms with Gasteiger partial charge in [-0.05, 0) is 31.0 Å². The van der Waals surface area contributed by atoms with Crippen LogP contribution >= 0.6 is 0 Å². The summed E-state index contributed by atoms with van der Waals surface area (Å²) in [6.07, 6.45) is 1.37. The summed E-state index contributed by atoms with van der Waals surface area (Å²) in [5, 5.41) is 6.50. The highest BCUT2D eigenvalue weighted by molar-refractivity contribution is 5.98. The first kappa shape index (κ1) is 14.8. The summed E-state index contributed by atoms with van der Waals surface area (Å²) in [4.78, 5) is 26.1. The summed E-state index contributed by atoms with van der Waals surface area (Å²) < 4.78 is 31.4. The fourth-order valence-corrected chi connectivity index (χ4v) is 3.28. The third kappa shape index (κ3) is 2.26. The lowest BCUT2D eigenvalue weighted by Crippen LogP contribution is -2.57. The number of nitrogens with zero attached hydrogens (tertiary/aromatic N) is 2. The number of nitrogens with one attached hydrogen (secondary N) is 1. The number of piperazine rings is 1. The summed E-state index contributed by atoms with van der Waals surface area (Å²) in [5.41, 5.74) is 0.321. The number of carbonyl (C=O) groups is 2. The number of hydrogen-bond acceptors (Lipinski definition) is 4. The Bertz CT molecular complexity index is 836. The minimum atomic E-state index is -1.01. The van der Waals surface area contributed by atoms with E-state index in [9.17, 15) is 18.4 Å². The van der Waals surface area contributed by atoms with E-state index in [2.05, 4.69) is 10.5 Å². The third-order valence-electron chi connectivity index (χ3n) is 4.48. The maximum absolute atomic E-state index is 13.3. The summed E-state index contributed by atoms with van der Waals surface area (Å²) in [6.45, 7) is 0.426. The van der Waals surface area contributed by atoms with Gasteiger partial charge in [0.15, 0.2) is 23.1 Å². The number of hydrogen-bond donors (Lipinski definition) is 1. The molecular formula is C16H13F2N3O3. The van der Waals surface area contributed by atoms with Gasteiger partial charge in [0.25, 0.3) is 5.91 Å². The average Bonchev–Trinajstić information content (AvgIpc) is 3.18. The second-order valence-electron chi connectivity index (χ2n) is 5.91. The molecule has 2 aliphatic heterocycles. The first-order valence-corrected chi connectivity index (χ1v) is 7.57. The molecule has 2 atom stereocenters. The second-order valence-corrected chi connectivity index (χ2v) is 5.91. The number of fused-ring (bicyclic) bond motifs is 2. The first-order chi connectivity index (χ1) is 11.5. The van der Waals surface area contributed by atoms with Gasteiger partial charge >= 0.3 is 0 Å². The van der Waals surface area contributed by atoms with Crippen LogP contribution in [0.3, 0.4) is 0 Å². The lowest BCUT2D eigenvalue weighted by Gasteiger charge is -2.33. The zero-order chi connectivity index (χ0) is 16.8. The van der Waals surface area contributed by atoms with Crippen molar-refractivity contribution in [2.75, 3.05) is 6.54 Å². The predicted octanol–water partition coefficient (Wildman–Crippen LogP) is 1.72. The van der Waals surface area contributed by atoms with Crippen LogP contribution in [0.5, 0.6) is 0 Å². The van der Waals surface area contributed by atoms with Crippen LogP contribution in [0.2, 0.25) is 0 Å². The van der Waals surface area contributed by atoms with Gasteiger partial charge in [0.2, 0.25) is 5.91 Å². The van der Waals surface area contributed by atoms with Crippen molar-refractivity contribution in [3.05, 3.63) is 41.6 Å². The van der Waals surface area contributed by atoms with Crippen molar-refractivity contribution >= 4 is 11.8 Å². The monoisotopic (exact) mass is 333 g/mol. The number of halogens is 2. The van der Waals surface area contributed by atoms with Gasteiger partial charge in [-0.1, -0.05) is 5.16 Å². The maximum atomic E-state index is 13.3. The van der Waals surface area contributed by atoms with E-state index in [0.29, 0.717) is 13.0 Å². The van der Waals surface area contributed by atoms with E-state index in [1.54, 1.807) is 0 Å². The highest BCUT2D eigenvalue weighted by atomic mass is 19.2. The Labute approximate surface area is 135 Å². The lowest BCUT2D eigenvalue weighted by atomic mass is 10.1. The van der Waals surface area contributed by atoms with Crippen molar-refractivity contribution in [1.29, 1.82) is 0 Å². The molecule has 4 rings (SSSR count). The Morgan fingerprint density at radius 1 is 1.25 bits per heavy atom. The molecule has 2 aliphatic rings. The van der Waals surface area contributed by atoms with Gasteiger partial charge in [0, 0.05) is 18.2 Å². The highest BCUT2D eigenvalue weighted by Gasteiger charge is 2.45. The molecule has 8 heteroatoms. The van der Waals surface area contributed by atoms with Crippen LogP contribution in [0, 0.1) is 11.6 Å². The maximum Gasteiger partial charge on any atom is 0.277 e. The third-order valence-corrected chi connectivity index (χ3v) is 4.48. The van der Waals surface area contributed by atoms with Crippen molar-refractivity contribution < 1.29 is 22.9 Å². The molecule has 0 aliphatic carbocycles. The Kier molecular flexibility index (Phi) is 3.33. The topological polar surface area (TPSA) is 75.4 Å². The number of benzene rings is 1. The molecule has 2 aromatic rings. The van der Waals surface area contributed by atoms with Crippen molar-refractivity contribution in [3.63, 3.8) is 0 Å². The number of aromatic nitrogens is 1. The first-order valence-electron chi connectivity index (χ1n) is 7.57. The molecule has 1 aromatic carbocycles. The molecule has 1 N–H and O–H groups in total. The number of amides is 2. The van der Waals surface area contributed by atoms with Gasteiger partial charge < -0.3 is 14.7 Å². The van der Waals surface area contributed by atoms with E-state index in [1.165, 1.54) is 17.0 Å². The SMILES string of the molecule is O=C1NCC2CCC1N2C(=O)c1cc(-c2ccc(F)c(F)c2)on1. The highest BCUT2D eigenvalue weighted by Crippen LogP contribution is 2.30. The molecule has 2 fully saturated rings. The van der Waals surface area contributed by atoms with Gasteiger partial charge in [-0.25, -0.2) is 8.78 Å². The van der Waals surface area contributed by atoms with Crippen LogP contribution in [0.15, 0.2) is 28.8 Å². The minimum Gasteiger partial charge on any atom is -0.355 e. The fraction of sp³-hybridized carbons (Fsp3) is 0.312. The van der Waals surface area contributed by atoms with Crippen LogP contribution in [-0.4, -0.2) is 40.5 Å². The van der Waals surface area contributed by atoms with Crippen molar-refractivity contribution in [3.8, 4) is 11.3 Å². The zero-order valence-corrected chi connectivity index (χ0v) is 12.5. The van der Waals surface area contributed by atoms with Crippen molar-refractivity contribution in [1.82, 2.24) is 15.4 Å². The van der Waals surface area contributed by atoms with Gasteiger partial charge in [-0.2, -0.15) is 0 Å². The predicted molar refractivity (Wildman–Crippen MR) is 77.8 cm³/mol.